The maximum atomic E-state index is 11.8. The van der Waals surface area contributed by atoms with Crippen LogP contribution >= 0.6 is 50.3 Å². The summed E-state index contributed by atoms with van der Waals surface area (Å²) in [5, 5.41) is 0. The molecular formula is C10H10BrIOS. The minimum atomic E-state index is -0.119. The molecule has 14 heavy (non-hydrogen) atoms. The molecule has 0 aromatic heterocycles. The molecule has 0 aliphatic rings. The van der Waals surface area contributed by atoms with Crippen molar-refractivity contribution in [2.75, 3.05) is 6.26 Å². The molecule has 0 saturated heterocycles. The van der Waals surface area contributed by atoms with Crippen LogP contribution in [0, 0.1) is 3.57 Å². The molecule has 0 amide bonds. The molecule has 0 aliphatic heterocycles. The smallest absolute Gasteiger partial charge is 0.177 e. The van der Waals surface area contributed by atoms with Crippen LogP contribution in [0.1, 0.15) is 17.3 Å². The molecule has 76 valence electrons. The van der Waals surface area contributed by atoms with Gasteiger partial charge >= 0.3 is 0 Å². The highest BCUT2D eigenvalue weighted by Gasteiger charge is 2.15. The molecule has 0 radical (unpaired) electrons. The second-order valence-electron chi connectivity index (χ2n) is 2.82. The van der Waals surface area contributed by atoms with Gasteiger partial charge in [-0.2, -0.15) is 0 Å². The van der Waals surface area contributed by atoms with Crippen molar-refractivity contribution in [2.24, 2.45) is 0 Å². The van der Waals surface area contributed by atoms with Gasteiger partial charge in [0.25, 0.3) is 0 Å². The van der Waals surface area contributed by atoms with Gasteiger partial charge in [0.2, 0.25) is 0 Å². The molecule has 1 atom stereocenters. The number of hydrogen-bond acceptors (Lipinski definition) is 2. The Morgan fingerprint density at radius 3 is 2.71 bits per heavy atom. The van der Waals surface area contributed by atoms with Crippen molar-refractivity contribution in [3.63, 3.8) is 0 Å². The van der Waals surface area contributed by atoms with E-state index >= 15 is 0 Å². The van der Waals surface area contributed by atoms with Gasteiger partial charge in [-0.15, -0.1) is 11.8 Å². The Morgan fingerprint density at radius 1 is 1.57 bits per heavy atom. The summed E-state index contributed by atoms with van der Waals surface area (Å²) < 4.78 is 1.09. The third-order valence-corrected chi connectivity index (χ3v) is 3.67. The first-order chi connectivity index (χ1) is 6.56. The molecule has 0 heterocycles. The van der Waals surface area contributed by atoms with Crippen molar-refractivity contribution in [2.45, 2.75) is 16.6 Å². The van der Waals surface area contributed by atoms with Crippen molar-refractivity contribution in [3.05, 3.63) is 27.3 Å². The Hall–Kier alpha value is 0.450. The number of hydrogen-bond donors (Lipinski definition) is 0. The number of carbonyl (C=O) groups excluding carboxylic acids is 1. The van der Waals surface area contributed by atoms with E-state index < -0.39 is 0 Å². The number of Topliss-reactive ketones (excluding diaryl/α,β-unsaturated/α-hetero) is 1. The summed E-state index contributed by atoms with van der Waals surface area (Å²) in [5.74, 6) is 0.146. The molecule has 0 bridgehead atoms. The Kier molecular flexibility index (Phi) is 4.93. The van der Waals surface area contributed by atoms with E-state index in [9.17, 15) is 4.79 Å². The monoisotopic (exact) mass is 384 g/mol. The Morgan fingerprint density at radius 2 is 2.21 bits per heavy atom. The summed E-state index contributed by atoms with van der Waals surface area (Å²) in [7, 11) is 0. The normalized spacial score (nSPS) is 12.6. The zero-order valence-electron chi connectivity index (χ0n) is 7.88. The highest BCUT2D eigenvalue weighted by atomic mass is 127. The second-order valence-corrected chi connectivity index (χ2v) is 6.29. The fourth-order valence-electron chi connectivity index (χ4n) is 1.09. The van der Waals surface area contributed by atoms with E-state index in [2.05, 4.69) is 38.5 Å². The number of alkyl halides is 1. The number of halogens is 2. The first kappa shape index (κ1) is 12.5. The fourth-order valence-corrected chi connectivity index (χ4v) is 2.41. The van der Waals surface area contributed by atoms with E-state index in [1.165, 1.54) is 0 Å². The van der Waals surface area contributed by atoms with Gasteiger partial charge in [-0.1, -0.05) is 15.9 Å². The van der Waals surface area contributed by atoms with Gasteiger partial charge in [-0.25, -0.2) is 0 Å². The topological polar surface area (TPSA) is 17.1 Å². The van der Waals surface area contributed by atoms with Crippen molar-refractivity contribution in [1.82, 2.24) is 0 Å². The third-order valence-electron chi connectivity index (χ3n) is 1.79. The summed E-state index contributed by atoms with van der Waals surface area (Å²) in [4.78, 5) is 12.7. The van der Waals surface area contributed by atoms with Crippen LogP contribution in [0.3, 0.4) is 0 Å². The van der Waals surface area contributed by atoms with Crippen LogP contribution in [0.2, 0.25) is 0 Å². The van der Waals surface area contributed by atoms with Gasteiger partial charge in [-0.3, -0.25) is 4.79 Å². The Bertz CT molecular complexity index is 352. The molecule has 1 rings (SSSR count). The lowest BCUT2D eigenvalue weighted by molar-refractivity contribution is 0.0993. The lowest BCUT2D eigenvalue weighted by Gasteiger charge is -2.08. The van der Waals surface area contributed by atoms with E-state index in [0.29, 0.717) is 0 Å². The highest BCUT2D eigenvalue weighted by molar-refractivity contribution is 14.1. The Balaban J connectivity index is 3.17. The molecule has 1 unspecified atom stereocenters. The number of ketones is 1. The fraction of sp³-hybridized carbons (Fsp3) is 0.300. The van der Waals surface area contributed by atoms with Crippen LogP contribution < -0.4 is 0 Å². The summed E-state index contributed by atoms with van der Waals surface area (Å²) in [6, 6.07) is 5.95. The maximum Gasteiger partial charge on any atom is 0.177 e. The van der Waals surface area contributed by atoms with E-state index in [4.69, 9.17) is 0 Å². The van der Waals surface area contributed by atoms with Crippen molar-refractivity contribution < 1.29 is 4.79 Å². The maximum absolute atomic E-state index is 11.8. The minimum Gasteiger partial charge on any atom is -0.293 e. The van der Waals surface area contributed by atoms with Crippen LogP contribution in [0.4, 0.5) is 0 Å². The van der Waals surface area contributed by atoms with Gasteiger partial charge in [0.15, 0.2) is 5.78 Å². The molecule has 0 spiro atoms. The molecule has 0 N–H and O–H groups in total. The summed E-state index contributed by atoms with van der Waals surface area (Å²) in [6.45, 7) is 1.85. The quantitative estimate of drug-likeness (QED) is 0.339. The lowest BCUT2D eigenvalue weighted by atomic mass is 10.1. The molecular weight excluding hydrogens is 375 g/mol. The van der Waals surface area contributed by atoms with Crippen LogP contribution in [-0.2, 0) is 0 Å². The first-order valence-corrected chi connectivity index (χ1v) is 7.30. The Labute approximate surface area is 110 Å². The third kappa shape index (κ3) is 2.97. The van der Waals surface area contributed by atoms with Crippen molar-refractivity contribution >= 4 is 56.1 Å². The van der Waals surface area contributed by atoms with Gasteiger partial charge in [-0.05, 0) is 54.0 Å². The van der Waals surface area contributed by atoms with Gasteiger partial charge in [0, 0.05) is 14.0 Å². The van der Waals surface area contributed by atoms with Crippen molar-refractivity contribution in [3.8, 4) is 0 Å². The second kappa shape index (κ2) is 5.51. The lowest BCUT2D eigenvalue weighted by Crippen LogP contribution is -2.11. The molecule has 0 saturated carbocycles. The first-order valence-electron chi connectivity index (χ1n) is 4.08. The zero-order chi connectivity index (χ0) is 10.7. The number of benzene rings is 1. The molecule has 0 aliphatic carbocycles. The van der Waals surface area contributed by atoms with Crippen LogP contribution in [0.15, 0.2) is 23.1 Å². The predicted octanol–water partition coefficient (Wildman–Crippen LogP) is 3.98. The molecule has 1 nitrogen and oxygen atoms in total. The summed E-state index contributed by atoms with van der Waals surface area (Å²) >= 11 is 7.13. The van der Waals surface area contributed by atoms with E-state index in [0.717, 1.165) is 14.0 Å². The van der Waals surface area contributed by atoms with Crippen molar-refractivity contribution in [1.29, 1.82) is 0 Å². The highest BCUT2D eigenvalue weighted by Crippen LogP contribution is 2.24. The zero-order valence-corrected chi connectivity index (χ0v) is 12.4. The van der Waals surface area contributed by atoms with Crippen LogP contribution in [0.25, 0.3) is 0 Å². The summed E-state index contributed by atoms with van der Waals surface area (Å²) in [6.07, 6.45) is 1.98. The average Bonchev–Trinajstić information content (AvgIpc) is 2.16. The standard InChI is InChI=1S/C10H10BrIOS/c1-6(11)10(13)8-5-7(12)3-4-9(8)14-2/h3-6H,1-2H3. The van der Waals surface area contributed by atoms with Gasteiger partial charge in [0.1, 0.15) is 0 Å². The molecule has 1 aromatic carbocycles. The molecule has 4 heteroatoms. The van der Waals surface area contributed by atoms with Gasteiger partial charge < -0.3 is 0 Å². The van der Waals surface area contributed by atoms with Crippen LogP contribution in [0.5, 0.6) is 0 Å². The predicted molar refractivity (Wildman–Crippen MR) is 73.7 cm³/mol. The molecule has 0 fully saturated rings. The SMILES string of the molecule is CSc1ccc(I)cc1C(=O)C(C)Br. The minimum absolute atomic E-state index is 0.119. The average molecular weight is 385 g/mol. The summed E-state index contributed by atoms with van der Waals surface area (Å²) in [5.41, 5.74) is 0.814. The molecule has 1 aromatic rings. The van der Waals surface area contributed by atoms with E-state index in [1.807, 2.05) is 31.4 Å². The van der Waals surface area contributed by atoms with E-state index in [1.54, 1.807) is 11.8 Å². The van der Waals surface area contributed by atoms with E-state index in [-0.39, 0.29) is 10.6 Å². The number of rotatable bonds is 3. The van der Waals surface area contributed by atoms with Crippen LogP contribution in [-0.4, -0.2) is 16.9 Å². The number of thioether (sulfide) groups is 1. The van der Waals surface area contributed by atoms with Gasteiger partial charge in [0.05, 0.1) is 4.83 Å². The largest absolute Gasteiger partial charge is 0.293 e. The number of carbonyl (C=O) groups is 1.